The second-order valence-corrected chi connectivity index (χ2v) is 7.62. The van der Waals surface area contributed by atoms with Crippen LogP contribution >= 0.6 is 59.1 Å². The molecule has 1 saturated heterocycles. The molecule has 9 heteroatoms. The SMILES string of the molecule is Cl.Cl.NCC1CCCN1C(=O)Cc1csc(-c2ccc(Cl)s2)n1. The van der Waals surface area contributed by atoms with Crippen molar-refractivity contribution in [2.24, 2.45) is 5.73 Å². The van der Waals surface area contributed by atoms with Crippen molar-refractivity contribution < 1.29 is 4.79 Å². The number of nitrogens with two attached hydrogens (primary N) is 1. The number of likely N-dealkylation sites (tertiary alicyclic amines) is 1. The average Bonchev–Trinajstić information content (AvgIpc) is 3.17. The predicted octanol–water partition coefficient (Wildman–Crippen LogP) is 3.86. The van der Waals surface area contributed by atoms with Crippen molar-refractivity contribution in [3.63, 3.8) is 0 Å². The summed E-state index contributed by atoms with van der Waals surface area (Å²) in [6.07, 6.45) is 2.41. The van der Waals surface area contributed by atoms with E-state index in [9.17, 15) is 4.79 Å². The Hall–Kier alpha value is -0.370. The van der Waals surface area contributed by atoms with Gasteiger partial charge in [0.1, 0.15) is 5.01 Å². The monoisotopic (exact) mass is 413 g/mol. The van der Waals surface area contributed by atoms with E-state index < -0.39 is 0 Å². The number of halogens is 3. The standard InChI is InChI=1S/C14H16ClN3OS2.2ClH/c15-12-4-3-11(21-12)14-17-9(8-20-14)6-13(19)18-5-1-2-10(18)7-16;;/h3-4,8,10H,1-2,5-7,16H2;2*1H. The molecule has 1 unspecified atom stereocenters. The molecule has 128 valence electrons. The first-order valence-electron chi connectivity index (χ1n) is 6.87. The second-order valence-electron chi connectivity index (χ2n) is 5.04. The number of rotatable bonds is 4. The molecular formula is C14H18Cl3N3OS2. The van der Waals surface area contributed by atoms with E-state index in [1.165, 1.54) is 11.3 Å². The van der Waals surface area contributed by atoms with Crippen LogP contribution in [0, 0.1) is 0 Å². The van der Waals surface area contributed by atoms with E-state index in [0.29, 0.717) is 13.0 Å². The first kappa shape index (κ1) is 20.7. The van der Waals surface area contributed by atoms with E-state index in [2.05, 4.69) is 4.98 Å². The molecule has 0 aromatic carbocycles. The molecule has 1 aliphatic heterocycles. The zero-order chi connectivity index (χ0) is 14.8. The molecule has 3 rings (SSSR count). The van der Waals surface area contributed by atoms with Crippen LogP contribution in [0.25, 0.3) is 9.88 Å². The van der Waals surface area contributed by atoms with Gasteiger partial charge in [-0.3, -0.25) is 4.79 Å². The highest BCUT2D eigenvalue weighted by molar-refractivity contribution is 7.23. The lowest BCUT2D eigenvalue weighted by Gasteiger charge is -2.23. The van der Waals surface area contributed by atoms with E-state index in [-0.39, 0.29) is 36.8 Å². The maximum atomic E-state index is 12.4. The average molecular weight is 415 g/mol. The summed E-state index contributed by atoms with van der Waals surface area (Å²) in [4.78, 5) is 19.8. The van der Waals surface area contributed by atoms with E-state index in [1.54, 1.807) is 11.3 Å². The molecule has 0 bridgehead atoms. The molecule has 0 saturated carbocycles. The fourth-order valence-electron chi connectivity index (χ4n) is 2.60. The molecule has 2 aromatic rings. The number of hydrogen-bond acceptors (Lipinski definition) is 5. The number of hydrogen-bond donors (Lipinski definition) is 1. The Morgan fingerprint density at radius 2 is 2.22 bits per heavy atom. The Bertz CT molecular complexity index is 647. The zero-order valence-corrected chi connectivity index (χ0v) is 16.3. The quantitative estimate of drug-likeness (QED) is 0.826. The molecule has 3 heterocycles. The number of thiophene rings is 1. The van der Waals surface area contributed by atoms with Crippen LogP contribution in [0.4, 0.5) is 0 Å². The zero-order valence-electron chi connectivity index (χ0n) is 12.2. The van der Waals surface area contributed by atoms with Crippen molar-refractivity contribution in [1.82, 2.24) is 9.88 Å². The summed E-state index contributed by atoms with van der Waals surface area (Å²) >= 11 is 9.00. The molecule has 2 aromatic heterocycles. The predicted molar refractivity (Wildman–Crippen MR) is 102 cm³/mol. The van der Waals surface area contributed by atoms with Gasteiger partial charge in [-0.1, -0.05) is 11.6 Å². The summed E-state index contributed by atoms with van der Waals surface area (Å²) in [7, 11) is 0. The van der Waals surface area contributed by atoms with Gasteiger partial charge in [0.15, 0.2) is 0 Å². The summed E-state index contributed by atoms with van der Waals surface area (Å²) in [5, 5.41) is 2.88. The highest BCUT2D eigenvalue weighted by Crippen LogP contribution is 2.33. The smallest absolute Gasteiger partial charge is 0.228 e. The summed E-state index contributed by atoms with van der Waals surface area (Å²) in [6.45, 7) is 1.36. The summed E-state index contributed by atoms with van der Waals surface area (Å²) in [5.41, 5.74) is 6.55. The summed E-state index contributed by atoms with van der Waals surface area (Å²) in [5.74, 6) is 0.129. The van der Waals surface area contributed by atoms with E-state index in [4.69, 9.17) is 17.3 Å². The minimum absolute atomic E-state index is 0. The topological polar surface area (TPSA) is 59.2 Å². The Kier molecular flexibility index (Phi) is 8.27. The molecule has 4 nitrogen and oxygen atoms in total. The van der Waals surface area contributed by atoms with Gasteiger partial charge >= 0.3 is 0 Å². The van der Waals surface area contributed by atoms with Crippen molar-refractivity contribution in [3.8, 4) is 9.88 Å². The fourth-order valence-corrected chi connectivity index (χ4v) is 4.53. The van der Waals surface area contributed by atoms with Gasteiger partial charge in [0.2, 0.25) is 5.91 Å². The lowest BCUT2D eigenvalue weighted by atomic mass is 10.2. The summed E-state index contributed by atoms with van der Waals surface area (Å²) in [6, 6.07) is 4.03. The minimum Gasteiger partial charge on any atom is -0.338 e. The molecule has 0 spiro atoms. The van der Waals surface area contributed by atoms with E-state index in [1.807, 2.05) is 22.4 Å². The first-order valence-corrected chi connectivity index (χ1v) is 8.94. The Labute approximate surface area is 160 Å². The van der Waals surface area contributed by atoms with Gasteiger partial charge in [-0.2, -0.15) is 0 Å². The summed E-state index contributed by atoms with van der Waals surface area (Å²) < 4.78 is 0.751. The van der Waals surface area contributed by atoms with Gasteiger partial charge in [0.05, 0.1) is 21.3 Å². The first-order chi connectivity index (χ1) is 10.2. The third kappa shape index (κ3) is 4.81. The Morgan fingerprint density at radius 1 is 1.43 bits per heavy atom. The van der Waals surface area contributed by atoms with Gasteiger partial charge in [0.25, 0.3) is 0 Å². The van der Waals surface area contributed by atoms with Crippen LogP contribution in [-0.4, -0.2) is 34.9 Å². The van der Waals surface area contributed by atoms with Gasteiger partial charge in [0, 0.05) is 24.5 Å². The Balaban J connectivity index is 0.00000132. The van der Waals surface area contributed by atoms with Crippen molar-refractivity contribution in [2.45, 2.75) is 25.3 Å². The van der Waals surface area contributed by atoms with Crippen LogP contribution in [0.5, 0.6) is 0 Å². The number of nitrogens with zero attached hydrogens (tertiary/aromatic N) is 2. The van der Waals surface area contributed by atoms with Crippen LogP contribution in [0.1, 0.15) is 18.5 Å². The van der Waals surface area contributed by atoms with Crippen LogP contribution in [0.15, 0.2) is 17.5 Å². The molecule has 1 fully saturated rings. The maximum absolute atomic E-state index is 12.4. The molecule has 1 atom stereocenters. The van der Waals surface area contributed by atoms with Gasteiger partial charge in [-0.15, -0.1) is 47.5 Å². The van der Waals surface area contributed by atoms with Crippen molar-refractivity contribution in [3.05, 3.63) is 27.5 Å². The van der Waals surface area contributed by atoms with Crippen LogP contribution in [-0.2, 0) is 11.2 Å². The molecule has 1 amide bonds. The van der Waals surface area contributed by atoms with Gasteiger partial charge < -0.3 is 10.6 Å². The largest absolute Gasteiger partial charge is 0.338 e. The van der Waals surface area contributed by atoms with Crippen LogP contribution < -0.4 is 5.73 Å². The van der Waals surface area contributed by atoms with Crippen molar-refractivity contribution in [2.75, 3.05) is 13.1 Å². The normalized spacial score (nSPS) is 16.8. The Morgan fingerprint density at radius 3 is 2.87 bits per heavy atom. The number of thiazole rings is 1. The lowest BCUT2D eigenvalue weighted by Crippen LogP contribution is -2.40. The third-order valence-electron chi connectivity index (χ3n) is 3.64. The number of carbonyl (C=O) groups is 1. The highest BCUT2D eigenvalue weighted by Gasteiger charge is 2.27. The van der Waals surface area contributed by atoms with E-state index >= 15 is 0 Å². The molecule has 1 aliphatic rings. The van der Waals surface area contributed by atoms with Crippen molar-refractivity contribution >= 4 is 65.0 Å². The molecule has 23 heavy (non-hydrogen) atoms. The van der Waals surface area contributed by atoms with Gasteiger partial charge in [-0.05, 0) is 25.0 Å². The molecule has 0 radical (unpaired) electrons. The lowest BCUT2D eigenvalue weighted by molar-refractivity contribution is -0.131. The molecule has 0 aliphatic carbocycles. The number of aromatic nitrogens is 1. The fraction of sp³-hybridized carbons (Fsp3) is 0.429. The van der Waals surface area contributed by atoms with Crippen molar-refractivity contribution in [1.29, 1.82) is 0 Å². The second kappa shape index (κ2) is 9.20. The minimum atomic E-state index is 0. The van der Waals surface area contributed by atoms with Gasteiger partial charge in [-0.25, -0.2) is 4.98 Å². The number of carbonyl (C=O) groups excluding carboxylic acids is 1. The van der Waals surface area contributed by atoms with Crippen LogP contribution in [0.3, 0.4) is 0 Å². The molecule has 2 N–H and O–H groups in total. The third-order valence-corrected chi connectivity index (χ3v) is 5.93. The molecular weight excluding hydrogens is 397 g/mol. The highest BCUT2D eigenvalue weighted by atomic mass is 35.5. The van der Waals surface area contributed by atoms with Crippen LogP contribution in [0.2, 0.25) is 4.34 Å². The van der Waals surface area contributed by atoms with E-state index in [0.717, 1.165) is 39.3 Å². The maximum Gasteiger partial charge on any atom is 0.228 e. The number of amides is 1.